The van der Waals surface area contributed by atoms with E-state index in [1.807, 2.05) is 18.2 Å². The molecular formula is C14H18N2O3. The Morgan fingerprint density at radius 3 is 2.53 bits per heavy atom. The van der Waals surface area contributed by atoms with Gasteiger partial charge in [-0.3, -0.25) is 9.69 Å². The van der Waals surface area contributed by atoms with Gasteiger partial charge >= 0.3 is 6.09 Å². The van der Waals surface area contributed by atoms with Crippen LogP contribution in [0.4, 0.5) is 10.5 Å². The lowest BCUT2D eigenvalue weighted by atomic mass is 10.0. The molecule has 0 fully saturated rings. The molecule has 1 aromatic carbocycles. The number of benzene rings is 1. The molecule has 0 spiro atoms. The molecular weight excluding hydrogens is 244 g/mol. The highest BCUT2D eigenvalue weighted by Crippen LogP contribution is 2.36. The lowest BCUT2D eigenvalue weighted by molar-refractivity contribution is -0.119. The number of rotatable bonds is 1. The standard InChI is InChI=1S/C14H18N2O3/c1-14(2,3)19-13(18)16-8-10(12(15)17)9-6-4-5-7-11(9)16/h4-7,10H,8H2,1-3H3,(H2,15,17). The molecule has 1 aromatic rings. The van der Waals surface area contributed by atoms with Gasteiger partial charge in [0.1, 0.15) is 5.60 Å². The van der Waals surface area contributed by atoms with Gasteiger partial charge in [-0.05, 0) is 32.4 Å². The fourth-order valence-electron chi connectivity index (χ4n) is 2.14. The summed E-state index contributed by atoms with van der Waals surface area (Å²) in [5, 5.41) is 0. The first-order valence-electron chi connectivity index (χ1n) is 6.18. The Hall–Kier alpha value is -2.04. The van der Waals surface area contributed by atoms with Gasteiger partial charge in [0.05, 0.1) is 11.6 Å². The van der Waals surface area contributed by atoms with Gasteiger partial charge in [-0.15, -0.1) is 0 Å². The lowest BCUT2D eigenvalue weighted by Crippen LogP contribution is -2.37. The average molecular weight is 262 g/mol. The van der Waals surface area contributed by atoms with E-state index in [2.05, 4.69) is 0 Å². The number of hydrogen-bond donors (Lipinski definition) is 1. The van der Waals surface area contributed by atoms with Gasteiger partial charge in [0, 0.05) is 6.54 Å². The van der Waals surface area contributed by atoms with Gasteiger partial charge in [-0.2, -0.15) is 0 Å². The first kappa shape index (κ1) is 13.4. The largest absolute Gasteiger partial charge is 0.443 e. The normalized spacial score (nSPS) is 18.1. The van der Waals surface area contributed by atoms with Crippen LogP contribution in [0, 0.1) is 0 Å². The number of hydrogen-bond acceptors (Lipinski definition) is 3. The van der Waals surface area contributed by atoms with Crippen molar-refractivity contribution in [1.29, 1.82) is 0 Å². The highest BCUT2D eigenvalue weighted by Gasteiger charge is 2.37. The van der Waals surface area contributed by atoms with E-state index in [1.165, 1.54) is 4.90 Å². The van der Waals surface area contributed by atoms with Crippen LogP contribution in [0.1, 0.15) is 32.3 Å². The first-order chi connectivity index (χ1) is 8.79. The number of ether oxygens (including phenoxy) is 1. The summed E-state index contributed by atoms with van der Waals surface area (Å²) in [6, 6.07) is 7.25. The molecule has 2 N–H and O–H groups in total. The number of nitrogens with zero attached hydrogens (tertiary/aromatic N) is 1. The van der Waals surface area contributed by atoms with Crippen molar-refractivity contribution in [2.45, 2.75) is 32.3 Å². The molecule has 0 bridgehead atoms. The quantitative estimate of drug-likeness (QED) is 0.841. The fraction of sp³-hybridized carbons (Fsp3) is 0.429. The van der Waals surface area contributed by atoms with Crippen molar-refractivity contribution < 1.29 is 14.3 Å². The zero-order valence-electron chi connectivity index (χ0n) is 11.3. The highest BCUT2D eigenvalue weighted by atomic mass is 16.6. The van der Waals surface area contributed by atoms with Gasteiger partial charge in [0.25, 0.3) is 0 Å². The monoisotopic (exact) mass is 262 g/mol. The Labute approximate surface area is 112 Å². The molecule has 2 amide bonds. The Bertz CT molecular complexity index is 520. The molecule has 2 rings (SSSR count). The number of primary amides is 1. The van der Waals surface area contributed by atoms with E-state index >= 15 is 0 Å². The number of para-hydroxylation sites is 1. The number of carbonyl (C=O) groups excluding carboxylic acids is 2. The molecule has 19 heavy (non-hydrogen) atoms. The summed E-state index contributed by atoms with van der Waals surface area (Å²) in [4.78, 5) is 25.1. The van der Waals surface area contributed by atoms with Gasteiger partial charge in [-0.25, -0.2) is 4.79 Å². The van der Waals surface area contributed by atoms with E-state index in [4.69, 9.17) is 10.5 Å². The van der Waals surface area contributed by atoms with Crippen molar-refractivity contribution in [3.05, 3.63) is 29.8 Å². The van der Waals surface area contributed by atoms with Crippen molar-refractivity contribution in [2.24, 2.45) is 5.73 Å². The number of fused-ring (bicyclic) bond motifs is 1. The minimum atomic E-state index is -0.573. The third-order valence-electron chi connectivity index (χ3n) is 2.93. The SMILES string of the molecule is CC(C)(C)OC(=O)N1CC(C(N)=O)c2ccccc21. The average Bonchev–Trinajstić information content (AvgIpc) is 2.66. The van der Waals surface area contributed by atoms with E-state index in [9.17, 15) is 9.59 Å². The summed E-state index contributed by atoms with van der Waals surface area (Å²) in [7, 11) is 0. The molecule has 1 aliphatic rings. The second-order valence-corrected chi connectivity index (χ2v) is 5.60. The molecule has 0 radical (unpaired) electrons. The molecule has 1 aliphatic heterocycles. The van der Waals surface area contributed by atoms with Gasteiger partial charge in [0.15, 0.2) is 0 Å². The maximum Gasteiger partial charge on any atom is 0.414 e. The van der Waals surface area contributed by atoms with E-state index in [0.29, 0.717) is 5.69 Å². The van der Waals surface area contributed by atoms with Crippen molar-refractivity contribution in [2.75, 3.05) is 11.4 Å². The van der Waals surface area contributed by atoms with Crippen LogP contribution in [0.15, 0.2) is 24.3 Å². The third kappa shape index (κ3) is 2.70. The van der Waals surface area contributed by atoms with Crippen LogP contribution in [-0.4, -0.2) is 24.1 Å². The van der Waals surface area contributed by atoms with Crippen molar-refractivity contribution in [3.63, 3.8) is 0 Å². The number of anilines is 1. The minimum Gasteiger partial charge on any atom is -0.443 e. The van der Waals surface area contributed by atoms with Crippen LogP contribution >= 0.6 is 0 Å². The highest BCUT2D eigenvalue weighted by molar-refractivity contribution is 5.96. The maximum atomic E-state index is 12.1. The third-order valence-corrected chi connectivity index (χ3v) is 2.93. The summed E-state index contributed by atoms with van der Waals surface area (Å²) in [6.07, 6.45) is -0.455. The van der Waals surface area contributed by atoms with E-state index in [-0.39, 0.29) is 6.54 Å². The van der Waals surface area contributed by atoms with Gasteiger partial charge < -0.3 is 10.5 Å². The lowest BCUT2D eigenvalue weighted by Gasteiger charge is -2.24. The predicted molar refractivity (Wildman–Crippen MR) is 72.0 cm³/mol. The van der Waals surface area contributed by atoms with E-state index in [0.717, 1.165) is 5.56 Å². The van der Waals surface area contributed by atoms with Crippen molar-refractivity contribution in [1.82, 2.24) is 0 Å². The van der Waals surface area contributed by atoms with E-state index < -0.39 is 23.5 Å². The number of nitrogens with two attached hydrogens (primary N) is 1. The molecule has 5 heteroatoms. The molecule has 0 aromatic heterocycles. The predicted octanol–water partition coefficient (Wildman–Crippen LogP) is 2.01. The van der Waals surface area contributed by atoms with Crippen LogP contribution in [0.5, 0.6) is 0 Å². The molecule has 0 saturated heterocycles. The zero-order chi connectivity index (χ0) is 14.2. The Kier molecular flexibility index (Phi) is 3.22. The van der Waals surface area contributed by atoms with Gasteiger partial charge in [0.2, 0.25) is 5.91 Å². The molecule has 0 aliphatic carbocycles. The van der Waals surface area contributed by atoms with Crippen LogP contribution in [0.3, 0.4) is 0 Å². The summed E-state index contributed by atoms with van der Waals surface area (Å²) >= 11 is 0. The minimum absolute atomic E-state index is 0.240. The molecule has 0 saturated carbocycles. The van der Waals surface area contributed by atoms with Crippen molar-refractivity contribution >= 4 is 17.7 Å². The smallest absolute Gasteiger partial charge is 0.414 e. The molecule has 1 heterocycles. The summed E-state index contributed by atoms with van der Waals surface area (Å²) in [5.41, 5.74) is 6.29. The second-order valence-electron chi connectivity index (χ2n) is 5.60. The number of amides is 2. The molecule has 1 unspecified atom stereocenters. The Morgan fingerprint density at radius 1 is 1.32 bits per heavy atom. The van der Waals surface area contributed by atoms with Crippen LogP contribution in [0.25, 0.3) is 0 Å². The maximum absolute atomic E-state index is 12.1. The summed E-state index contributed by atoms with van der Waals surface area (Å²) in [6.45, 7) is 5.65. The van der Waals surface area contributed by atoms with E-state index in [1.54, 1.807) is 26.8 Å². The van der Waals surface area contributed by atoms with Crippen LogP contribution < -0.4 is 10.6 Å². The summed E-state index contributed by atoms with van der Waals surface area (Å²) in [5.74, 6) is -0.901. The Balaban J connectivity index is 2.30. The second kappa shape index (κ2) is 4.57. The van der Waals surface area contributed by atoms with Crippen LogP contribution in [0.2, 0.25) is 0 Å². The molecule has 1 atom stereocenters. The number of carbonyl (C=O) groups is 2. The van der Waals surface area contributed by atoms with Crippen LogP contribution in [-0.2, 0) is 9.53 Å². The first-order valence-corrected chi connectivity index (χ1v) is 6.18. The summed E-state index contributed by atoms with van der Waals surface area (Å²) < 4.78 is 5.34. The molecule has 102 valence electrons. The zero-order valence-corrected chi connectivity index (χ0v) is 11.3. The van der Waals surface area contributed by atoms with Crippen molar-refractivity contribution in [3.8, 4) is 0 Å². The Morgan fingerprint density at radius 2 is 1.95 bits per heavy atom. The van der Waals surface area contributed by atoms with Gasteiger partial charge in [-0.1, -0.05) is 18.2 Å². The topological polar surface area (TPSA) is 72.6 Å². The fourth-order valence-corrected chi connectivity index (χ4v) is 2.14. The molecule has 5 nitrogen and oxygen atoms in total.